The highest BCUT2D eigenvalue weighted by atomic mass is 32.2. The molecule has 0 aliphatic carbocycles. The van der Waals surface area contributed by atoms with Crippen molar-refractivity contribution in [1.82, 2.24) is 4.90 Å². The van der Waals surface area contributed by atoms with E-state index >= 15 is 0 Å². The number of anilines is 1. The smallest absolute Gasteiger partial charge is 0.254 e. The highest BCUT2D eigenvalue weighted by Gasteiger charge is 2.18. The highest BCUT2D eigenvalue weighted by molar-refractivity contribution is 7.98. The summed E-state index contributed by atoms with van der Waals surface area (Å²) in [4.78, 5) is 15.4. The van der Waals surface area contributed by atoms with Gasteiger partial charge in [0.25, 0.3) is 5.91 Å². The van der Waals surface area contributed by atoms with E-state index in [2.05, 4.69) is 0 Å². The van der Waals surface area contributed by atoms with E-state index < -0.39 is 0 Å². The van der Waals surface area contributed by atoms with E-state index in [1.807, 2.05) is 68.8 Å². The minimum absolute atomic E-state index is 0.0116. The van der Waals surface area contributed by atoms with Gasteiger partial charge in [-0.25, -0.2) is 0 Å². The summed E-state index contributed by atoms with van der Waals surface area (Å²) < 4.78 is 0. The van der Waals surface area contributed by atoms with E-state index in [0.717, 1.165) is 10.5 Å². The molecule has 0 fully saturated rings. The van der Waals surface area contributed by atoms with E-state index in [-0.39, 0.29) is 11.9 Å². The molecule has 21 heavy (non-hydrogen) atoms. The maximum Gasteiger partial charge on any atom is 0.254 e. The van der Waals surface area contributed by atoms with Gasteiger partial charge in [0.05, 0.1) is 6.04 Å². The third-order valence-corrected chi connectivity index (χ3v) is 4.37. The van der Waals surface area contributed by atoms with Crippen molar-refractivity contribution in [1.29, 1.82) is 0 Å². The predicted molar refractivity (Wildman–Crippen MR) is 89.6 cm³/mol. The first kappa shape index (κ1) is 15.4. The summed E-state index contributed by atoms with van der Waals surface area (Å²) in [5, 5.41) is 0. The Morgan fingerprint density at radius 1 is 1.19 bits per heavy atom. The van der Waals surface area contributed by atoms with Gasteiger partial charge in [-0.15, -0.1) is 11.8 Å². The molecule has 0 bridgehead atoms. The van der Waals surface area contributed by atoms with E-state index in [9.17, 15) is 4.79 Å². The lowest BCUT2D eigenvalue weighted by Gasteiger charge is -2.25. The molecule has 0 aliphatic rings. The summed E-state index contributed by atoms with van der Waals surface area (Å²) in [6.45, 7) is 2.00. The molecule has 0 spiro atoms. The van der Waals surface area contributed by atoms with Gasteiger partial charge in [-0.2, -0.15) is 0 Å². The maximum atomic E-state index is 12.5. The molecule has 0 radical (unpaired) electrons. The number of amides is 1. The molecular weight excluding hydrogens is 280 g/mol. The van der Waals surface area contributed by atoms with Crippen LogP contribution in [0.1, 0.15) is 28.9 Å². The number of nitrogens with zero attached hydrogens (tertiary/aromatic N) is 1. The van der Waals surface area contributed by atoms with Crippen LogP contribution in [0, 0.1) is 0 Å². The van der Waals surface area contributed by atoms with Crippen LogP contribution in [0.2, 0.25) is 0 Å². The third kappa shape index (κ3) is 3.58. The molecule has 0 saturated carbocycles. The van der Waals surface area contributed by atoms with Crippen molar-refractivity contribution in [2.24, 2.45) is 0 Å². The van der Waals surface area contributed by atoms with Crippen LogP contribution in [-0.4, -0.2) is 24.1 Å². The zero-order valence-electron chi connectivity index (χ0n) is 12.5. The monoisotopic (exact) mass is 300 g/mol. The van der Waals surface area contributed by atoms with Crippen molar-refractivity contribution in [2.45, 2.75) is 17.9 Å². The summed E-state index contributed by atoms with van der Waals surface area (Å²) in [6.07, 6.45) is 2.02. The van der Waals surface area contributed by atoms with Gasteiger partial charge in [0.15, 0.2) is 0 Å². The zero-order chi connectivity index (χ0) is 15.4. The van der Waals surface area contributed by atoms with Gasteiger partial charge in [-0.1, -0.05) is 12.1 Å². The largest absolute Gasteiger partial charge is 0.399 e. The first-order chi connectivity index (χ1) is 10.0. The molecule has 1 atom stereocenters. The molecule has 1 unspecified atom stereocenters. The summed E-state index contributed by atoms with van der Waals surface area (Å²) >= 11 is 1.66. The Bertz CT molecular complexity index is 625. The van der Waals surface area contributed by atoms with Gasteiger partial charge in [0.2, 0.25) is 0 Å². The van der Waals surface area contributed by atoms with E-state index in [1.165, 1.54) is 0 Å². The second-order valence-corrected chi connectivity index (χ2v) is 5.87. The average molecular weight is 300 g/mol. The maximum absolute atomic E-state index is 12.5. The lowest BCUT2D eigenvalue weighted by Crippen LogP contribution is -2.29. The number of benzene rings is 2. The van der Waals surface area contributed by atoms with Crippen LogP contribution < -0.4 is 5.73 Å². The Kier molecular flexibility index (Phi) is 4.91. The number of rotatable bonds is 4. The molecular formula is C17H20N2OS. The molecule has 1 amide bonds. The van der Waals surface area contributed by atoms with Gasteiger partial charge >= 0.3 is 0 Å². The quantitative estimate of drug-likeness (QED) is 0.689. The Morgan fingerprint density at radius 3 is 2.43 bits per heavy atom. The van der Waals surface area contributed by atoms with E-state index in [1.54, 1.807) is 16.7 Å². The van der Waals surface area contributed by atoms with Crippen LogP contribution >= 0.6 is 11.8 Å². The Balaban J connectivity index is 2.17. The first-order valence-corrected chi connectivity index (χ1v) is 8.02. The molecule has 0 heterocycles. The Hall–Kier alpha value is -1.94. The van der Waals surface area contributed by atoms with Gasteiger partial charge < -0.3 is 10.6 Å². The molecule has 110 valence electrons. The number of carbonyl (C=O) groups is 1. The van der Waals surface area contributed by atoms with Gasteiger partial charge in [-0.05, 0) is 55.1 Å². The molecule has 2 aromatic rings. The second-order valence-electron chi connectivity index (χ2n) is 4.99. The van der Waals surface area contributed by atoms with Crippen LogP contribution in [0.4, 0.5) is 5.69 Å². The van der Waals surface area contributed by atoms with Gasteiger partial charge in [0.1, 0.15) is 0 Å². The number of thioether (sulfide) groups is 1. The van der Waals surface area contributed by atoms with Crippen LogP contribution in [0.3, 0.4) is 0 Å². The lowest BCUT2D eigenvalue weighted by atomic mass is 10.1. The van der Waals surface area contributed by atoms with Crippen molar-refractivity contribution < 1.29 is 4.79 Å². The molecule has 3 nitrogen and oxygen atoms in total. The average Bonchev–Trinajstić information content (AvgIpc) is 2.53. The SMILES string of the molecule is CSc1ccc(C(=O)N(C)C(C)c2cccc(N)c2)cc1. The molecule has 0 saturated heterocycles. The number of hydrogen-bond donors (Lipinski definition) is 1. The van der Waals surface area contributed by atoms with E-state index in [0.29, 0.717) is 11.3 Å². The number of nitrogen functional groups attached to an aromatic ring is 1. The third-order valence-electron chi connectivity index (χ3n) is 3.63. The van der Waals surface area contributed by atoms with Crippen LogP contribution in [0.5, 0.6) is 0 Å². The minimum atomic E-state index is -0.0266. The summed E-state index contributed by atoms with van der Waals surface area (Å²) in [6, 6.07) is 15.3. The second kappa shape index (κ2) is 6.68. The summed E-state index contributed by atoms with van der Waals surface area (Å²) in [7, 11) is 1.82. The standard InChI is InChI=1S/C17H20N2OS/c1-12(14-5-4-6-15(18)11-14)19(2)17(20)13-7-9-16(21-3)10-8-13/h4-12H,18H2,1-3H3. The predicted octanol–water partition coefficient (Wildman–Crippen LogP) is 3.82. The number of hydrogen-bond acceptors (Lipinski definition) is 3. The normalized spacial score (nSPS) is 12.0. The van der Waals surface area contributed by atoms with Crippen molar-refractivity contribution in [3.63, 3.8) is 0 Å². The molecule has 2 N–H and O–H groups in total. The van der Waals surface area contributed by atoms with Crippen LogP contribution in [0.15, 0.2) is 53.4 Å². The van der Waals surface area contributed by atoms with Crippen molar-refractivity contribution in [3.05, 3.63) is 59.7 Å². The molecule has 4 heteroatoms. The molecule has 2 rings (SSSR count). The first-order valence-electron chi connectivity index (χ1n) is 6.79. The lowest BCUT2D eigenvalue weighted by molar-refractivity contribution is 0.0742. The molecule has 2 aromatic carbocycles. The topological polar surface area (TPSA) is 46.3 Å². The highest BCUT2D eigenvalue weighted by Crippen LogP contribution is 2.23. The number of nitrogens with two attached hydrogens (primary N) is 1. The van der Waals surface area contributed by atoms with Crippen molar-refractivity contribution >= 4 is 23.4 Å². The van der Waals surface area contributed by atoms with Crippen molar-refractivity contribution in [3.8, 4) is 0 Å². The van der Waals surface area contributed by atoms with Gasteiger partial charge in [0, 0.05) is 23.2 Å². The Morgan fingerprint density at radius 2 is 1.86 bits per heavy atom. The van der Waals surface area contributed by atoms with Crippen LogP contribution in [0.25, 0.3) is 0 Å². The summed E-state index contributed by atoms with van der Waals surface area (Å²) in [5.74, 6) is 0.0116. The number of carbonyl (C=O) groups excluding carboxylic acids is 1. The van der Waals surface area contributed by atoms with E-state index in [4.69, 9.17) is 5.73 Å². The van der Waals surface area contributed by atoms with Gasteiger partial charge in [-0.3, -0.25) is 4.79 Å². The fourth-order valence-electron chi connectivity index (χ4n) is 2.16. The molecule has 0 aliphatic heterocycles. The zero-order valence-corrected chi connectivity index (χ0v) is 13.4. The van der Waals surface area contributed by atoms with Crippen LogP contribution in [-0.2, 0) is 0 Å². The Labute approximate surface area is 130 Å². The fourth-order valence-corrected chi connectivity index (χ4v) is 2.56. The fraction of sp³-hybridized carbons (Fsp3) is 0.235. The molecule has 0 aromatic heterocycles. The van der Waals surface area contributed by atoms with Crippen molar-refractivity contribution in [2.75, 3.05) is 19.0 Å². The summed E-state index contributed by atoms with van der Waals surface area (Å²) in [5.41, 5.74) is 8.26. The minimum Gasteiger partial charge on any atom is -0.399 e.